The van der Waals surface area contributed by atoms with Crippen molar-refractivity contribution in [3.05, 3.63) is 77.9 Å². The van der Waals surface area contributed by atoms with Gasteiger partial charge in [-0.1, -0.05) is 13.0 Å². The second-order valence-corrected chi connectivity index (χ2v) is 9.72. The number of anilines is 5. The summed E-state index contributed by atoms with van der Waals surface area (Å²) in [7, 11) is 0. The van der Waals surface area contributed by atoms with Crippen molar-refractivity contribution in [2.75, 3.05) is 54.0 Å². The maximum absolute atomic E-state index is 13.8. The summed E-state index contributed by atoms with van der Waals surface area (Å²) in [6.45, 7) is 7.47. The van der Waals surface area contributed by atoms with Crippen molar-refractivity contribution >= 4 is 34.7 Å². The summed E-state index contributed by atoms with van der Waals surface area (Å²) in [5.41, 5.74) is 7.13. The van der Waals surface area contributed by atoms with Crippen LogP contribution in [0.15, 0.2) is 61.2 Å². The highest BCUT2D eigenvalue weighted by atomic mass is 19.4. The number of amides is 1. The Bertz CT molecular complexity index is 1550. The number of carbonyl (C=O) groups excluding carboxylic acids is 1. The molecule has 13 heteroatoms. The van der Waals surface area contributed by atoms with Gasteiger partial charge >= 0.3 is 6.18 Å². The van der Waals surface area contributed by atoms with Gasteiger partial charge in [-0.05, 0) is 49.4 Å². The van der Waals surface area contributed by atoms with E-state index in [1.165, 1.54) is 12.4 Å². The maximum Gasteiger partial charge on any atom is 0.416 e. The van der Waals surface area contributed by atoms with Crippen molar-refractivity contribution in [2.45, 2.75) is 20.0 Å². The van der Waals surface area contributed by atoms with Crippen molar-refractivity contribution in [3.63, 3.8) is 0 Å². The third kappa shape index (κ3) is 6.40. The minimum Gasteiger partial charge on any atom is -0.384 e. The summed E-state index contributed by atoms with van der Waals surface area (Å²) >= 11 is 0. The standard InChI is InChI=1S/C28H30F3N9O/c1-3-38-8-10-39(11-9-38)22-13-19(12-20(14-22)28(29,30)31)26(41)36-21-5-4-18(2)23(15-21)37-27-33-6-7-40(27)25-16-24(32)34-17-35-25/h4-7,12-17H,3,8-11H2,1-2H3,(H,33,37)(H,36,41)(H2,32,34,35). The van der Waals surface area contributed by atoms with Crippen LogP contribution < -0.4 is 21.3 Å². The number of piperazine rings is 1. The summed E-state index contributed by atoms with van der Waals surface area (Å²) in [4.78, 5) is 29.8. The van der Waals surface area contributed by atoms with Crippen molar-refractivity contribution in [2.24, 2.45) is 0 Å². The highest BCUT2D eigenvalue weighted by molar-refractivity contribution is 6.05. The zero-order valence-electron chi connectivity index (χ0n) is 22.6. The molecule has 4 N–H and O–H groups in total. The third-order valence-electron chi connectivity index (χ3n) is 7.00. The molecule has 2 aromatic carbocycles. The molecule has 1 aliphatic heterocycles. The van der Waals surface area contributed by atoms with Gasteiger partial charge in [0.25, 0.3) is 5.91 Å². The van der Waals surface area contributed by atoms with Gasteiger partial charge in [-0.3, -0.25) is 9.36 Å². The molecule has 41 heavy (non-hydrogen) atoms. The molecular formula is C28H30F3N9O. The van der Waals surface area contributed by atoms with Crippen molar-refractivity contribution in [1.82, 2.24) is 24.4 Å². The third-order valence-corrected chi connectivity index (χ3v) is 7.00. The van der Waals surface area contributed by atoms with Gasteiger partial charge in [-0.2, -0.15) is 13.2 Å². The average molecular weight is 566 g/mol. The molecule has 0 saturated carbocycles. The topological polar surface area (TPSA) is 117 Å². The molecule has 5 rings (SSSR count). The summed E-state index contributed by atoms with van der Waals surface area (Å²) < 4.78 is 43.1. The van der Waals surface area contributed by atoms with Gasteiger partial charge in [0.05, 0.1) is 5.56 Å². The number of rotatable bonds is 7. The van der Waals surface area contributed by atoms with Crippen LogP contribution in [0, 0.1) is 6.92 Å². The van der Waals surface area contributed by atoms with Crippen molar-refractivity contribution in [1.29, 1.82) is 0 Å². The van der Waals surface area contributed by atoms with Gasteiger partial charge in [-0.25, -0.2) is 15.0 Å². The van der Waals surface area contributed by atoms with Crippen LogP contribution in [0.2, 0.25) is 0 Å². The van der Waals surface area contributed by atoms with E-state index in [1.807, 2.05) is 11.8 Å². The van der Waals surface area contributed by atoms with Gasteiger partial charge in [0.15, 0.2) is 0 Å². The number of halogens is 3. The largest absolute Gasteiger partial charge is 0.416 e. The molecule has 0 atom stereocenters. The van der Waals surface area contributed by atoms with Crippen LogP contribution >= 0.6 is 0 Å². The van der Waals surface area contributed by atoms with Crippen LogP contribution in [0.25, 0.3) is 5.82 Å². The van der Waals surface area contributed by atoms with E-state index in [2.05, 4.69) is 37.4 Å². The fraction of sp³-hybridized carbons (Fsp3) is 0.286. The first-order chi connectivity index (χ1) is 19.6. The predicted octanol–water partition coefficient (Wildman–Crippen LogP) is 4.71. The first kappa shape index (κ1) is 27.9. The number of aromatic nitrogens is 4. The smallest absolute Gasteiger partial charge is 0.384 e. The van der Waals surface area contributed by atoms with E-state index in [4.69, 9.17) is 5.73 Å². The number of hydrogen-bond donors (Lipinski definition) is 3. The Morgan fingerprint density at radius 3 is 2.51 bits per heavy atom. The minimum absolute atomic E-state index is 0.0697. The van der Waals surface area contributed by atoms with E-state index in [0.29, 0.717) is 47.7 Å². The Morgan fingerprint density at radius 2 is 1.80 bits per heavy atom. The number of benzene rings is 2. The first-order valence-corrected chi connectivity index (χ1v) is 13.1. The average Bonchev–Trinajstić information content (AvgIpc) is 3.42. The number of nitrogens with two attached hydrogens (primary N) is 1. The monoisotopic (exact) mass is 565 g/mol. The molecule has 0 unspecified atom stereocenters. The molecule has 0 bridgehead atoms. The van der Waals surface area contributed by atoms with Gasteiger partial charge < -0.3 is 26.2 Å². The molecule has 0 radical (unpaired) electrons. The first-order valence-electron chi connectivity index (χ1n) is 13.1. The van der Waals surface area contributed by atoms with E-state index >= 15 is 0 Å². The molecule has 1 fully saturated rings. The van der Waals surface area contributed by atoms with Crippen LogP contribution in [0.1, 0.15) is 28.4 Å². The van der Waals surface area contributed by atoms with E-state index in [-0.39, 0.29) is 5.56 Å². The van der Waals surface area contributed by atoms with Crippen molar-refractivity contribution in [3.8, 4) is 5.82 Å². The van der Waals surface area contributed by atoms with Gasteiger partial charge in [0.1, 0.15) is 18.0 Å². The lowest BCUT2D eigenvalue weighted by Gasteiger charge is -2.36. The lowest BCUT2D eigenvalue weighted by molar-refractivity contribution is -0.137. The Hall–Kier alpha value is -4.65. The Kier molecular flexibility index (Phi) is 7.79. The molecule has 0 spiro atoms. The van der Waals surface area contributed by atoms with Gasteiger partial charge in [0, 0.05) is 67.3 Å². The van der Waals surface area contributed by atoms with Crippen LogP contribution in [0.4, 0.5) is 42.0 Å². The number of aryl methyl sites for hydroxylation is 1. The Balaban J connectivity index is 1.38. The molecule has 2 aromatic heterocycles. The fourth-order valence-corrected chi connectivity index (χ4v) is 4.64. The molecule has 10 nitrogen and oxygen atoms in total. The number of carbonyl (C=O) groups is 1. The summed E-state index contributed by atoms with van der Waals surface area (Å²) in [5.74, 6) is 0.616. The van der Waals surface area contributed by atoms with E-state index < -0.39 is 17.6 Å². The lowest BCUT2D eigenvalue weighted by atomic mass is 10.1. The summed E-state index contributed by atoms with van der Waals surface area (Å²) in [5, 5.41) is 5.97. The normalized spacial score (nSPS) is 14.2. The summed E-state index contributed by atoms with van der Waals surface area (Å²) in [6, 6.07) is 10.3. The molecule has 1 saturated heterocycles. The molecule has 1 aliphatic rings. The molecule has 1 amide bonds. The highest BCUT2D eigenvalue weighted by Gasteiger charge is 2.33. The number of imidazole rings is 1. The number of nitrogen functional groups attached to an aromatic ring is 1. The zero-order chi connectivity index (χ0) is 29.1. The highest BCUT2D eigenvalue weighted by Crippen LogP contribution is 2.34. The SMILES string of the molecule is CCN1CCN(c2cc(C(=O)Nc3ccc(C)c(Nc4nccn4-c4cc(N)ncn4)c3)cc(C(F)(F)F)c2)CC1. The van der Waals surface area contributed by atoms with E-state index in [0.717, 1.165) is 37.3 Å². The zero-order valence-corrected chi connectivity index (χ0v) is 22.6. The second kappa shape index (κ2) is 11.5. The number of nitrogens with zero attached hydrogens (tertiary/aromatic N) is 6. The van der Waals surface area contributed by atoms with Gasteiger partial charge in [0.2, 0.25) is 5.95 Å². The van der Waals surface area contributed by atoms with Crippen LogP contribution in [0.5, 0.6) is 0 Å². The summed E-state index contributed by atoms with van der Waals surface area (Å²) in [6.07, 6.45) is 0.0565. The maximum atomic E-state index is 13.8. The molecule has 0 aliphatic carbocycles. The predicted molar refractivity (Wildman–Crippen MR) is 152 cm³/mol. The number of hydrogen-bond acceptors (Lipinski definition) is 8. The number of alkyl halides is 3. The molecule has 214 valence electrons. The van der Waals surface area contributed by atoms with Gasteiger partial charge in [-0.15, -0.1) is 0 Å². The van der Waals surface area contributed by atoms with Crippen LogP contribution in [-0.2, 0) is 6.18 Å². The minimum atomic E-state index is -4.59. The Labute approximate surface area is 235 Å². The van der Waals surface area contributed by atoms with E-state index in [1.54, 1.807) is 41.2 Å². The van der Waals surface area contributed by atoms with Crippen LogP contribution in [0.3, 0.4) is 0 Å². The lowest BCUT2D eigenvalue weighted by Crippen LogP contribution is -2.46. The quantitative estimate of drug-likeness (QED) is 0.295. The molecule has 4 aromatic rings. The second-order valence-electron chi connectivity index (χ2n) is 9.72. The number of nitrogens with one attached hydrogen (secondary N) is 2. The molecular weight excluding hydrogens is 535 g/mol. The molecule has 3 heterocycles. The van der Waals surface area contributed by atoms with E-state index in [9.17, 15) is 18.0 Å². The van der Waals surface area contributed by atoms with Crippen molar-refractivity contribution < 1.29 is 18.0 Å². The Morgan fingerprint density at radius 1 is 1.02 bits per heavy atom. The fourth-order valence-electron chi connectivity index (χ4n) is 4.64. The van der Waals surface area contributed by atoms with Crippen LogP contribution in [-0.4, -0.2) is 63.0 Å². The number of likely N-dealkylation sites (N-methyl/N-ethyl adjacent to an activating group) is 1.